The highest BCUT2D eigenvalue weighted by molar-refractivity contribution is 5.75. The second-order valence-corrected chi connectivity index (χ2v) is 7.07. The minimum Gasteiger partial charge on any atom is -0.497 e. The highest BCUT2D eigenvalue weighted by Gasteiger charge is 2.12. The molecule has 0 radical (unpaired) electrons. The Kier molecular flexibility index (Phi) is 7.91. The summed E-state index contributed by atoms with van der Waals surface area (Å²) in [6, 6.07) is 13.9. The summed E-state index contributed by atoms with van der Waals surface area (Å²) < 4.78 is 22.3. The van der Waals surface area contributed by atoms with Crippen molar-refractivity contribution >= 4 is 5.91 Å². The van der Waals surface area contributed by atoms with Crippen LogP contribution < -0.4 is 29.8 Å². The van der Waals surface area contributed by atoms with Gasteiger partial charge >= 0.3 is 0 Å². The molecule has 9 heteroatoms. The van der Waals surface area contributed by atoms with Gasteiger partial charge in [-0.15, -0.1) is 0 Å². The van der Waals surface area contributed by atoms with Gasteiger partial charge in [0.25, 0.3) is 5.56 Å². The summed E-state index contributed by atoms with van der Waals surface area (Å²) in [6.07, 6.45) is 0.595. The number of rotatable bonds is 10. The summed E-state index contributed by atoms with van der Waals surface area (Å²) in [7, 11) is 6.26. The molecule has 2 aromatic carbocycles. The van der Waals surface area contributed by atoms with Crippen molar-refractivity contribution in [3.8, 4) is 34.3 Å². The lowest BCUT2D eigenvalue weighted by molar-refractivity contribution is -0.121. The minimum atomic E-state index is -0.374. The van der Waals surface area contributed by atoms with E-state index in [4.69, 9.17) is 18.9 Å². The third-order valence-corrected chi connectivity index (χ3v) is 5.03. The number of ether oxygens (including phenoxy) is 4. The second-order valence-electron chi connectivity index (χ2n) is 7.07. The van der Waals surface area contributed by atoms with Crippen LogP contribution in [0.15, 0.2) is 53.3 Å². The number of aromatic nitrogens is 2. The maximum absolute atomic E-state index is 12.4. The van der Waals surface area contributed by atoms with Gasteiger partial charge in [0, 0.05) is 24.2 Å². The van der Waals surface area contributed by atoms with Gasteiger partial charge in [0.15, 0.2) is 11.5 Å². The predicted molar refractivity (Wildman–Crippen MR) is 123 cm³/mol. The monoisotopic (exact) mass is 453 g/mol. The molecule has 0 spiro atoms. The van der Waals surface area contributed by atoms with E-state index in [1.807, 2.05) is 18.2 Å². The van der Waals surface area contributed by atoms with E-state index >= 15 is 0 Å². The first kappa shape index (κ1) is 23.6. The third-order valence-electron chi connectivity index (χ3n) is 5.03. The van der Waals surface area contributed by atoms with Gasteiger partial charge in [-0.05, 0) is 42.3 Å². The van der Waals surface area contributed by atoms with Gasteiger partial charge in [-0.2, -0.15) is 5.10 Å². The summed E-state index contributed by atoms with van der Waals surface area (Å²) in [5.74, 6) is 2.14. The summed E-state index contributed by atoms with van der Waals surface area (Å²) in [4.78, 5) is 24.7. The van der Waals surface area contributed by atoms with Crippen molar-refractivity contribution in [3.05, 3.63) is 64.4 Å². The molecular formula is C24H27N3O6. The number of amides is 1. The van der Waals surface area contributed by atoms with E-state index in [1.165, 1.54) is 6.07 Å². The molecular weight excluding hydrogens is 426 g/mol. The van der Waals surface area contributed by atoms with Gasteiger partial charge in [-0.3, -0.25) is 9.59 Å². The minimum absolute atomic E-state index is 0.197. The lowest BCUT2D eigenvalue weighted by Gasteiger charge is -2.12. The molecule has 1 heterocycles. The van der Waals surface area contributed by atoms with Gasteiger partial charge < -0.3 is 24.3 Å². The molecule has 174 valence electrons. The molecule has 0 fully saturated rings. The van der Waals surface area contributed by atoms with Crippen molar-refractivity contribution in [2.45, 2.75) is 13.0 Å². The molecule has 0 bridgehead atoms. The number of benzene rings is 2. The van der Waals surface area contributed by atoms with Crippen LogP contribution in [0.1, 0.15) is 5.56 Å². The quantitative estimate of drug-likeness (QED) is 0.503. The Hall–Kier alpha value is -4.01. The van der Waals surface area contributed by atoms with E-state index in [1.54, 1.807) is 52.7 Å². The van der Waals surface area contributed by atoms with Crippen molar-refractivity contribution in [1.29, 1.82) is 0 Å². The lowest BCUT2D eigenvalue weighted by atomic mass is 10.1. The molecule has 1 amide bonds. The third kappa shape index (κ3) is 5.82. The normalized spacial score (nSPS) is 10.4. The fraction of sp³-hybridized carbons (Fsp3) is 0.292. The van der Waals surface area contributed by atoms with E-state index in [9.17, 15) is 9.59 Å². The van der Waals surface area contributed by atoms with E-state index in [0.29, 0.717) is 47.2 Å². The highest BCUT2D eigenvalue weighted by Crippen LogP contribution is 2.31. The van der Waals surface area contributed by atoms with Crippen LogP contribution in [0.2, 0.25) is 0 Å². The standard InChI is InChI=1S/C24H27N3O6/c1-30-17-6-7-18(21(14-17)32-3)19-8-10-24(29)27(26-19)15-23(28)25-12-11-16-5-9-20(31-2)22(13-16)33-4/h5-10,13-14H,11-12,15H2,1-4H3,(H,25,28). The fourth-order valence-corrected chi connectivity index (χ4v) is 3.29. The van der Waals surface area contributed by atoms with E-state index in [0.717, 1.165) is 10.2 Å². The fourth-order valence-electron chi connectivity index (χ4n) is 3.29. The second kappa shape index (κ2) is 11.0. The number of carbonyl (C=O) groups is 1. The van der Waals surface area contributed by atoms with Crippen LogP contribution in [-0.2, 0) is 17.8 Å². The van der Waals surface area contributed by atoms with Crippen LogP contribution in [0, 0.1) is 0 Å². The number of methoxy groups -OCH3 is 4. The smallest absolute Gasteiger partial charge is 0.267 e. The number of hydrogen-bond donors (Lipinski definition) is 1. The topological polar surface area (TPSA) is 101 Å². The lowest BCUT2D eigenvalue weighted by Crippen LogP contribution is -2.34. The van der Waals surface area contributed by atoms with Crippen molar-refractivity contribution in [1.82, 2.24) is 15.1 Å². The average molecular weight is 453 g/mol. The molecule has 1 N–H and O–H groups in total. The Bertz CT molecular complexity index is 1180. The highest BCUT2D eigenvalue weighted by atomic mass is 16.5. The molecule has 0 atom stereocenters. The van der Waals surface area contributed by atoms with Gasteiger partial charge in [-0.25, -0.2) is 4.68 Å². The van der Waals surface area contributed by atoms with Crippen LogP contribution in [0.4, 0.5) is 0 Å². The Labute approximate surface area is 191 Å². The summed E-state index contributed by atoms with van der Waals surface area (Å²) in [6.45, 7) is 0.201. The van der Waals surface area contributed by atoms with Crippen molar-refractivity contribution in [2.24, 2.45) is 0 Å². The zero-order valence-corrected chi connectivity index (χ0v) is 19.1. The molecule has 0 aliphatic carbocycles. The molecule has 3 rings (SSSR count). The zero-order valence-electron chi connectivity index (χ0n) is 19.1. The van der Waals surface area contributed by atoms with E-state index in [-0.39, 0.29) is 18.0 Å². The molecule has 0 aliphatic heterocycles. The number of hydrogen-bond acceptors (Lipinski definition) is 7. The first-order chi connectivity index (χ1) is 16.0. The Balaban J connectivity index is 1.66. The van der Waals surface area contributed by atoms with Gasteiger partial charge in [0.1, 0.15) is 18.0 Å². The molecule has 0 saturated carbocycles. The summed E-state index contributed by atoms with van der Waals surface area (Å²) in [5, 5.41) is 7.16. The van der Waals surface area contributed by atoms with Crippen LogP contribution in [0.3, 0.4) is 0 Å². The zero-order chi connectivity index (χ0) is 23.8. The molecule has 33 heavy (non-hydrogen) atoms. The SMILES string of the molecule is COc1ccc(-c2ccc(=O)n(CC(=O)NCCc3ccc(OC)c(OC)c3)n2)c(OC)c1. The van der Waals surface area contributed by atoms with Gasteiger partial charge in [0.05, 0.1) is 34.1 Å². The Morgan fingerprint density at radius 3 is 2.33 bits per heavy atom. The number of carbonyl (C=O) groups excluding carboxylic acids is 1. The molecule has 0 unspecified atom stereocenters. The summed E-state index contributed by atoms with van der Waals surface area (Å²) >= 11 is 0. The van der Waals surface area contributed by atoms with Crippen LogP contribution in [0.5, 0.6) is 23.0 Å². The van der Waals surface area contributed by atoms with Crippen molar-refractivity contribution < 1.29 is 23.7 Å². The molecule has 9 nitrogen and oxygen atoms in total. The maximum Gasteiger partial charge on any atom is 0.267 e. The van der Waals surface area contributed by atoms with E-state index in [2.05, 4.69) is 10.4 Å². The van der Waals surface area contributed by atoms with Crippen LogP contribution >= 0.6 is 0 Å². The molecule has 0 saturated heterocycles. The maximum atomic E-state index is 12.4. The Morgan fingerprint density at radius 1 is 0.879 bits per heavy atom. The first-order valence-electron chi connectivity index (χ1n) is 10.3. The van der Waals surface area contributed by atoms with Crippen LogP contribution in [-0.4, -0.2) is 50.7 Å². The van der Waals surface area contributed by atoms with E-state index < -0.39 is 0 Å². The Morgan fingerprint density at radius 2 is 1.64 bits per heavy atom. The predicted octanol–water partition coefficient (Wildman–Crippen LogP) is 2.30. The largest absolute Gasteiger partial charge is 0.497 e. The molecule has 1 aromatic heterocycles. The number of nitrogens with one attached hydrogen (secondary N) is 1. The average Bonchev–Trinajstić information content (AvgIpc) is 2.84. The van der Waals surface area contributed by atoms with Gasteiger partial charge in [-0.1, -0.05) is 6.07 Å². The van der Waals surface area contributed by atoms with Gasteiger partial charge in [0.2, 0.25) is 5.91 Å². The number of nitrogens with zero attached hydrogens (tertiary/aromatic N) is 2. The van der Waals surface area contributed by atoms with Crippen molar-refractivity contribution in [2.75, 3.05) is 35.0 Å². The van der Waals surface area contributed by atoms with Crippen molar-refractivity contribution in [3.63, 3.8) is 0 Å². The molecule has 3 aromatic rings. The first-order valence-corrected chi connectivity index (χ1v) is 10.3. The summed E-state index contributed by atoms with van der Waals surface area (Å²) in [5.41, 5.74) is 1.80. The van der Waals surface area contributed by atoms with Crippen LogP contribution in [0.25, 0.3) is 11.3 Å². The molecule has 0 aliphatic rings.